The first kappa shape index (κ1) is 15.5. The largest absolute Gasteiger partial charge is 0.326 e. The Morgan fingerprint density at radius 3 is 2.83 bits per heavy atom. The number of nitrogens with one attached hydrogen (secondary N) is 2. The summed E-state index contributed by atoms with van der Waals surface area (Å²) in [5, 5.41) is 5.76. The van der Waals surface area contributed by atoms with Crippen molar-refractivity contribution in [1.82, 2.24) is 0 Å². The number of benzene rings is 2. The average Bonchev–Trinajstić information content (AvgIpc) is 2.49. The van der Waals surface area contributed by atoms with Gasteiger partial charge in [0.1, 0.15) is 5.82 Å². The van der Waals surface area contributed by atoms with E-state index >= 15 is 0 Å². The summed E-state index contributed by atoms with van der Waals surface area (Å²) >= 11 is 5.92. The Kier molecular flexibility index (Phi) is 4.30. The van der Waals surface area contributed by atoms with Crippen molar-refractivity contribution in [2.45, 2.75) is 19.3 Å². The van der Waals surface area contributed by atoms with E-state index in [1.165, 1.54) is 18.2 Å². The molecule has 2 aromatic carbocycles. The lowest BCUT2D eigenvalue weighted by atomic mass is 10.0. The van der Waals surface area contributed by atoms with Crippen LogP contribution in [0.5, 0.6) is 0 Å². The molecule has 118 valence electrons. The minimum atomic E-state index is -0.440. The van der Waals surface area contributed by atoms with E-state index in [1.54, 1.807) is 12.1 Å². The number of aryl methyl sites for hydroxylation is 1. The van der Waals surface area contributed by atoms with Crippen LogP contribution in [0.1, 0.15) is 17.5 Å². The maximum absolute atomic E-state index is 13.0. The highest BCUT2D eigenvalue weighted by Gasteiger charge is 2.15. The Balaban J connectivity index is 1.70. The highest BCUT2D eigenvalue weighted by Crippen LogP contribution is 2.26. The van der Waals surface area contributed by atoms with Crippen molar-refractivity contribution in [3.05, 3.63) is 58.4 Å². The molecule has 0 saturated heterocycles. The van der Waals surface area contributed by atoms with Gasteiger partial charge in [-0.1, -0.05) is 23.7 Å². The highest BCUT2D eigenvalue weighted by molar-refractivity contribution is 6.31. The molecule has 1 aliphatic heterocycles. The van der Waals surface area contributed by atoms with Gasteiger partial charge in [0.15, 0.2) is 0 Å². The van der Waals surface area contributed by atoms with E-state index < -0.39 is 5.82 Å². The number of carbonyl (C=O) groups is 2. The molecule has 0 fully saturated rings. The second kappa shape index (κ2) is 6.38. The molecule has 0 spiro atoms. The molecule has 3 rings (SSSR count). The number of anilines is 2. The fourth-order valence-corrected chi connectivity index (χ4v) is 2.73. The van der Waals surface area contributed by atoms with Crippen LogP contribution in [0.4, 0.5) is 15.8 Å². The molecule has 2 aromatic rings. The first-order valence-corrected chi connectivity index (χ1v) is 7.55. The molecule has 0 aromatic heterocycles. The van der Waals surface area contributed by atoms with Crippen LogP contribution in [0.25, 0.3) is 0 Å². The molecule has 1 heterocycles. The molecule has 4 nitrogen and oxygen atoms in total. The van der Waals surface area contributed by atoms with Crippen molar-refractivity contribution < 1.29 is 14.0 Å². The summed E-state index contributed by atoms with van der Waals surface area (Å²) in [5.41, 5.74) is 2.91. The third-order valence-electron chi connectivity index (χ3n) is 3.66. The summed E-state index contributed by atoms with van der Waals surface area (Å²) < 4.78 is 13.0. The van der Waals surface area contributed by atoms with Crippen LogP contribution < -0.4 is 10.6 Å². The maximum atomic E-state index is 13.0. The molecule has 0 aliphatic carbocycles. The Morgan fingerprint density at radius 2 is 2.04 bits per heavy atom. The van der Waals surface area contributed by atoms with Gasteiger partial charge in [-0.25, -0.2) is 4.39 Å². The standard InChI is InChI=1S/C17H14ClFN2O2/c18-14-8-12(19)4-1-11(14)7-17(23)20-13-5-2-10-3-6-16(22)21-15(10)9-13/h1-2,4-5,8-9H,3,6-7H2,(H,20,23)(H,21,22). The Labute approximate surface area is 137 Å². The van der Waals surface area contributed by atoms with Crippen LogP contribution in [0.2, 0.25) is 5.02 Å². The lowest BCUT2D eigenvalue weighted by Crippen LogP contribution is -2.20. The molecule has 0 atom stereocenters. The van der Waals surface area contributed by atoms with Crippen molar-refractivity contribution in [2.75, 3.05) is 10.6 Å². The van der Waals surface area contributed by atoms with Gasteiger partial charge in [0.2, 0.25) is 11.8 Å². The number of fused-ring (bicyclic) bond motifs is 1. The van der Waals surface area contributed by atoms with Crippen LogP contribution in [-0.4, -0.2) is 11.8 Å². The van der Waals surface area contributed by atoms with Gasteiger partial charge in [-0.3, -0.25) is 9.59 Å². The quantitative estimate of drug-likeness (QED) is 0.903. The van der Waals surface area contributed by atoms with Gasteiger partial charge in [0.05, 0.1) is 6.42 Å². The van der Waals surface area contributed by atoms with E-state index in [0.717, 1.165) is 11.3 Å². The lowest BCUT2D eigenvalue weighted by Gasteiger charge is -2.17. The molecule has 1 aliphatic rings. The number of halogens is 2. The minimum Gasteiger partial charge on any atom is -0.326 e. The zero-order valence-corrected chi connectivity index (χ0v) is 12.9. The third kappa shape index (κ3) is 3.68. The van der Waals surface area contributed by atoms with Crippen molar-refractivity contribution in [3.8, 4) is 0 Å². The molecule has 0 saturated carbocycles. The Morgan fingerprint density at radius 1 is 1.22 bits per heavy atom. The SMILES string of the molecule is O=C(Cc1ccc(F)cc1Cl)Nc1ccc2c(c1)NC(=O)CC2. The second-order valence-electron chi connectivity index (χ2n) is 5.38. The van der Waals surface area contributed by atoms with Gasteiger partial charge in [0, 0.05) is 22.8 Å². The molecule has 0 radical (unpaired) electrons. The van der Waals surface area contributed by atoms with Gasteiger partial charge in [0.25, 0.3) is 0 Å². The van der Waals surface area contributed by atoms with Crippen molar-refractivity contribution >= 4 is 34.8 Å². The number of rotatable bonds is 3. The summed E-state index contributed by atoms with van der Waals surface area (Å²) in [6, 6.07) is 9.35. The van der Waals surface area contributed by atoms with Gasteiger partial charge >= 0.3 is 0 Å². The first-order chi connectivity index (χ1) is 11.0. The maximum Gasteiger partial charge on any atom is 0.228 e. The third-order valence-corrected chi connectivity index (χ3v) is 4.01. The summed E-state index contributed by atoms with van der Waals surface area (Å²) in [6.45, 7) is 0. The average molecular weight is 333 g/mol. The van der Waals surface area contributed by atoms with Crippen LogP contribution in [0.3, 0.4) is 0 Å². The van der Waals surface area contributed by atoms with E-state index in [9.17, 15) is 14.0 Å². The molecule has 0 bridgehead atoms. The van der Waals surface area contributed by atoms with Crippen molar-refractivity contribution in [2.24, 2.45) is 0 Å². The highest BCUT2D eigenvalue weighted by atomic mass is 35.5. The first-order valence-electron chi connectivity index (χ1n) is 7.18. The summed E-state index contributed by atoms with van der Waals surface area (Å²) in [7, 11) is 0. The van der Waals surface area contributed by atoms with Gasteiger partial charge < -0.3 is 10.6 Å². The Bertz CT molecular complexity index is 792. The predicted octanol–water partition coefficient (Wildman–Crippen LogP) is 3.55. The number of carbonyl (C=O) groups excluding carboxylic acids is 2. The normalized spacial score (nSPS) is 13.2. The van der Waals surface area contributed by atoms with Crippen molar-refractivity contribution in [1.29, 1.82) is 0 Å². The van der Waals surface area contributed by atoms with E-state index in [2.05, 4.69) is 10.6 Å². The van der Waals surface area contributed by atoms with Gasteiger partial charge in [-0.2, -0.15) is 0 Å². The van der Waals surface area contributed by atoms with Crippen LogP contribution in [0.15, 0.2) is 36.4 Å². The number of amides is 2. The van der Waals surface area contributed by atoms with Gasteiger partial charge in [-0.15, -0.1) is 0 Å². The Hall–Kier alpha value is -2.40. The summed E-state index contributed by atoms with van der Waals surface area (Å²) in [4.78, 5) is 23.5. The minimum absolute atomic E-state index is 0.0286. The van der Waals surface area contributed by atoms with E-state index in [1.807, 2.05) is 6.07 Å². The zero-order valence-electron chi connectivity index (χ0n) is 12.2. The molecule has 2 N–H and O–H groups in total. The smallest absolute Gasteiger partial charge is 0.228 e. The fourth-order valence-electron chi connectivity index (χ4n) is 2.49. The number of hydrogen-bond acceptors (Lipinski definition) is 2. The summed E-state index contributed by atoms with van der Waals surface area (Å²) in [5.74, 6) is -0.732. The topological polar surface area (TPSA) is 58.2 Å². The second-order valence-corrected chi connectivity index (χ2v) is 5.79. The van der Waals surface area contributed by atoms with E-state index in [0.29, 0.717) is 24.1 Å². The van der Waals surface area contributed by atoms with Crippen LogP contribution >= 0.6 is 11.6 Å². The van der Waals surface area contributed by atoms with Gasteiger partial charge in [-0.05, 0) is 41.8 Å². The van der Waals surface area contributed by atoms with Crippen LogP contribution in [0, 0.1) is 5.82 Å². The van der Waals surface area contributed by atoms with Crippen molar-refractivity contribution in [3.63, 3.8) is 0 Å². The summed E-state index contributed by atoms with van der Waals surface area (Å²) in [6.07, 6.45) is 1.21. The number of hydrogen-bond donors (Lipinski definition) is 2. The van der Waals surface area contributed by atoms with Crippen LogP contribution in [-0.2, 0) is 22.4 Å². The predicted molar refractivity (Wildman–Crippen MR) is 87.1 cm³/mol. The molecule has 0 unspecified atom stereocenters. The lowest BCUT2D eigenvalue weighted by molar-refractivity contribution is -0.116. The van der Waals surface area contributed by atoms with E-state index in [4.69, 9.17) is 11.6 Å². The molecule has 2 amide bonds. The molecule has 6 heteroatoms. The molecule has 23 heavy (non-hydrogen) atoms. The molecular formula is C17H14ClFN2O2. The fraction of sp³-hybridized carbons (Fsp3) is 0.176. The van der Waals surface area contributed by atoms with E-state index in [-0.39, 0.29) is 23.3 Å². The monoisotopic (exact) mass is 332 g/mol. The zero-order chi connectivity index (χ0) is 16.4. The molecular weight excluding hydrogens is 319 g/mol.